The zero-order valence-corrected chi connectivity index (χ0v) is 21.9. The summed E-state index contributed by atoms with van der Waals surface area (Å²) in [5.74, 6) is -0.590. The van der Waals surface area contributed by atoms with E-state index < -0.39 is 6.04 Å². The third-order valence-electron chi connectivity index (χ3n) is 6.41. The van der Waals surface area contributed by atoms with Crippen LogP contribution in [0.2, 0.25) is 5.15 Å². The Morgan fingerprint density at radius 3 is 2.40 bits per heavy atom. The van der Waals surface area contributed by atoms with Crippen molar-refractivity contribution in [1.29, 1.82) is 0 Å². The molecule has 0 saturated heterocycles. The normalized spacial score (nSPS) is 15.4. The van der Waals surface area contributed by atoms with Crippen LogP contribution in [0.15, 0.2) is 54.3 Å². The molecule has 2 amide bonds. The van der Waals surface area contributed by atoms with Gasteiger partial charge < -0.3 is 5.32 Å². The molecule has 1 atom stereocenters. The van der Waals surface area contributed by atoms with Crippen molar-refractivity contribution in [3.05, 3.63) is 75.5 Å². The number of aromatic nitrogens is 2. The lowest BCUT2D eigenvalue weighted by Crippen LogP contribution is -2.47. The highest BCUT2D eigenvalue weighted by Crippen LogP contribution is 2.34. The maximum absolute atomic E-state index is 13.9. The number of hydrogen-bond acceptors (Lipinski definition) is 5. The van der Waals surface area contributed by atoms with Gasteiger partial charge in [-0.15, -0.1) is 11.3 Å². The fourth-order valence-electron chi connectivity index (χ4n) is 4.47. The summed E-state index contributed by atoms with van der Waals surface area (Å²) in [7, 11) is 0. The second kappa shape index (κ2) is 10.9. The lowest BCUT2D eigenvalue weighted by atomic mass is 9.87. The van der Waals surface area contributed by atoms with Crippen molar-refractivity contribution in [2.45, 2.75) is 70.4 Å². The van der Waals surface area contributed by atoms with E-state index in [-0.39, 0.29) is 28.4 Å². The highest BCUT2D eigenvalue weighted by atomic mass is 35.5. The highest BCUT2D eigenvalue weighted by molar-refractivity contribution is 7.12. The number of anilines is 1. The van der Waals surface area contributed by atoms with Crippen molar-refractivity contribution >= 4 is 40.4 Å². The average Bonchev–Trinajstić information content (AvgIpc) is 3.28. The molecule has 1 fully saturated rings. The van der Waals surface area contributed by atoms with Gasteiger partial charge in [0.15, 0.2) is 5.15 Å². The number of thiazole rings is 1. The molecular weight excluding hydrogens is 480 g/mol. The van der Waals surface area contributed by atoms with Crippen molar-refractivity contribution in [3.63, 3.8) is 0 Å². The number of carbonyl (C=O) groups excluding carboxylic acids is 2. The minimum Gasteiger partial charge on any atom is -0.351 e. The molecule has 3 aromatic rings. The summed E-state index contributed by atoms with van der Waals surface area (Å²) < 4.78 is 0. The van der Waals surface area contributed by atoms with Gasteiger partial charge in [-0.05, 0) is 42.0 Å². The van der Waals surface area contributed by atoms with Crippen LogP contribution >= 0.6 is 22.9 Å². The molecule has 6 nitrogen and oxygen atoms in total. The maximum atomic E-state index is 13.9. The molecule has 1 aromatic carbocycles. The molecule has 1 saturated carbocycles. The number of rotatable bonds is 6. The summed E-state index contributed by atoms with van der Waals surface area (Å²) in [5, 5.41) is 3.35. The maximum Gasteiger partial charge on any atom is 0.272 e. The Morgan fingerprint density at radius 1 is 1.11 bits per heavy atom. The number of nitrogens with zero attached hydrogens (tertiary/aromatic N) is 3. The Hall–Kier alpha value is -2.77. The molecule has 0 bridgehead atoms. The molecular formula is C27H31ClN4O2S. The van der Waals surface area contributed by atoms with Crippen LogP contribution in [0.4, 0.5) is 5.69 Å². The van der Waals surface area contributed by atoms with Crippen LogP contribution in [0, 0.1) is 0 Å². The van der Waals surface area contributed by atoms with E-state index in [1.54, 1.807) is 18.5 Å². The average molecular weight is 511 g/mol. The van der Waals surface area contributed by atoms with Gasteiger partial charge in [-0.25, -0.2) is 4.98 Å². The molecule has 184 valence electrons. The molecule has 0 spiro atoms. The second-order valence-corrected chi connectivity index (χ2v) is 11.2. The lowest BCUT2D eigenvalue weighted by molar-refractivity contribution is -0.123. The van der Waals surface area contributed by atoms with E-state index in [1.165, 1.54) is 28.2 Å². The van der Waals surface area contributed by atoms with E-state index in [9.17, 15) is 9.59 Å². The number of hydrogen-bond donors (Lipinski definition) is 1. The van der Waals surface area contributed by atoms with Gasteiger partial charge in [0.1, 0.15) is 10.9 Å². The van der Waals surface area contributed by atoms with Gasteiger partial charge in [0, 0.05) is 29.7 Å². The summed E-state index contributed by atoms with van der Waals surface area (Å²) >= 11 is 7.44. The van der Waals surface area contributed by atoms with Crippen LogP contribution < -0.4 is 10.2 Å². The first-order valence-corrected chi connectivity index (χ1v) is 13.2. The molecule has 0 radical (unpaired) electrons. The number of nitrogens with one attached hydrogen (secondary N) is 1. The summed E-state index contributed by atoms with van der Waals surface area (Å²) in [5.41, 5.74) is 3.87. The third kappa shape index (κ3) is 5.90. The smallest absolute Gasteiger partial charge is 0.272 e. The number of amides is 2. The predicted molar refractivity (Wildman–Crippen MR) is 141 cm³/mol. The topological polar surface area (TPSA) is 75.2 Å². The predicted octanol–water partition coefficient (Wildman–Crippen LogP) is 6.33. The zero-order chi connectivity index (χ0) is 25.0. The van der Waals surface area contributed by atoms with E-state index in [1.807, 2.05) is 30.3 Å². The van der Waals surface area contributed by atoms with Gasteiger partial charge >= 0.3 is 0 Å². The molecule has 1 unspecified atom stereocenters. The standard InChI is InChI=1S/C27H31ClN4O2S/c1-27(2,3)19-11-13-21(14-12-19)32(26(34)23-24(28)30-17-35-23)22(18-8-7-15-29-16-18)25(33)31-20-9-5-4-6-10-20/h7-8,11-17,20,22H,4-6,9-10H2,1-3H3,(H,31,33). The van der Waals surface area contributed by atoms with Crippen molar-refractivity contribution in [1.82, 2.24) is 15.3 Å². The van der Waals surface area contributed by atoms with E-state index in [0.29, 0.717) is 16.1 Å². The second-order valence-electron chi connectivity index (χ2n) is 9.98. The number of halogens is 1. The highest BCUT2D eigenvalue weighted by Gasteiger charge is 2.36. The first-order chi connectivity index (χ1) is 16.8. The van der Waals surface area contributed by atoms with Crippen LogP contribution in [0.3, 0.4) is 0 Å². The van der Waals surface area contributed by atoms with Crippen LogP contribution in [-0.4, -0.2) is 27.8 Å². The Bertz CT molecular complexity index is 1150. The van der Waals surface area contributed by atoms with Crippen molar-refractivity contribution in [2.24, 2.45) is 0 Å². The van der Waals surface area contributed by atoms with E-state index in [4.69, 9.17) is 11.6 Å². The van der Waals surface area contributed by atoms with Crippen LogP contribution in [-0.2, 0) is 10.2 Å². The minimum atomic E-state index is -0.906. The number of benzene rings is 1. The molecule has 8 heteroatoms. The van der Waals surface area contributed by atoms with Gasteiger partial charge in [0.05, 0.1) is 5.51 Å². The molecule has 1 aliphatic rings. The molecule has 4 rings (SSSR count). The quantitative estimate of drug-likeness (QED) is 0.420. The first-order valence-electron chi connectivity index (χ1n) is 12.0. The number of carbonyl (C=O) groups is 2. The Morgan fingerprint density at radius 2 is 1.83 bits per heavy atom. The summed E-state index contributed by atoms with van der Waals surface area (Å²) in [6.45, 7) is 6.41. The van der Waals surface area contributed by atoms with Crippen molar-refractivity contribution < 1.29 is 9.59 Å². The Kier molecular flexibility index (Phi) is 7.87. The van der Waals surface area contributed by atoms with E-state index in [0.717, 1.165) is 31.2 Å². The van der Waals surface area contributed by atoms with Crippen LogP contribution in [0.25, 0.3) is 0 Å². The molecule has 1 N–H and O–H groups in total. The van der Waals surface area contributed by atoms with Gasteiger partial charge in [-0.3, -0.25) is 19.5 Å². The molecule has 1 aliphatic carbocycles. The molecule has 2 aromatic heterocycles. The molecule has 35 heavy (non-hydrogen) atoms. The van der Waals surface area contributed by atoms with Crippen molar-refractivity contribution in [3.8, 4) is 0 Å². The SMILES string of the molecule is CC(C)(C)c1ccc(N(C(=O)c2scnc2Cl)C(C(=O)NC2CCCCC2)c2cccnc2)cc1. The van der Waals surface area contributed by atoms with Gasteiger partial charge in [0.25, 0.3) is 5.91 Å². The fraction of sp³-hybridized carbons (Fsp3) is 0.407. The lowest BCUT2D eigenvalue weighted by Gasteiger charge is -2.33. The van der Waals surface area contributed by atoms with E-state index >= 15 is 0 Å². The zero-order valence-electron chi connectivity index (χ0n) is 20.3. The molecule has 2 heterocycles. The minimum absolute atomic E-state index is 0.0462. The molecule has 0 aliphatic heterocycles. The monoisotopic (exact) mass is 510 g/mol. The number of pyridine rings is 1. The Balaban J connectivity index is 1.80. The largest absolute Gasteiger partial charge is 0.351 e. The summed E-state index contributed by atoms with van der Waals surface area (Å²) in [6, 6.07) is 10.6. The third-order valence-corrected chi connectivity index (χ3v) is 7.62. The van der Waals surface area contributed by atoms with E-state index in [2.05, 4.69) is 36.1 Å². The summed E-state index contributed by atoms with van der Waals surface area (Å²) in [4.78, 5) is 37.9. The van der Waals surface area contributed by atoms with Crippen molar-refractivity contribution in [2.75, 3.05) is 4.90 Å². The van der Waals surface area contributed by atoms with Crippen LogP contribution in [0.5, 0.6) is 0 Å². The van der Waals surface area contributed by atoms with Crippen LogP contribution in [0.1, 0.15) is 79.7 Å². The fourth-order valence-corrected chi connectivity index (χ4v) is 5.40. The summed E-state index contributed by atoms with van der Waals surface area (Å²) in [6.07, 6.45) is 8.56. The van der Waals surface area contributed by atoms with Gasteiger partial charge in [0.2, 0.25) is 5.91 Å². The first kappa shape index (κ1) is 25.3. The van der Waals surface area contributed by atoms with Gasteiger partial charge in [-0.2, -0.15) is 0 Å². The Labute approximate surface area is 215 Å². The van der Waals surface area contributed by atoms with Gasteiger partial charge in [-0.1, -0.05) is 69.8 Å².